The second-order valence-corrected chi connectivity index (χ2v) is 3.75. The molecule has 0 radical (unpaired) electrons. The van der Waals surface area contributed by atoms with Gasteiger partial charge in [-0.1, -0.05) is 0 Å². The Hall–Kier alpha value is -2.57. The molecule has 0 bridgehead atoms. The first-order chi connectivity index (χ1) is 8.99. The van der Waals surface area contributed by atoms with E-state index >= 15 is 0 Å². The van der Waals surface area contributed by atoms with Gasteiger partial charge in [0.2, 0.25) is 11.8 Å². The number of furan rings is 1. The summed E-state index contributed by atoms with van der Waals surface area (Å²) in [4.78, 5) is 32.9. The summed E-state index contributed by atoms with van der Waals surface area (Å²) in [6.07, 6.45) is 3.84. The van der Waals surface area contributed by atoms with E-state index in [0.29, 0.717) is 5.76 Å². The van der Waals surface area contributed by atoms with E-state index in [4.69, 9.17) is 15.3 Å². The van der Waals surface area contributed by atoms with Crippen LogP contribution in [0.5, 0.6) is 0 Å². The van der Waals surface area contributed by atoms with Crippen molar-refractivity contribution in [2.45, 2.75) is 18.9 Å². The molecule has 19 heavy (non-hydrogen) atoms. The van der Waals surface area contributed by atoms with Gasteiger partial charge in [-0.15, -0.1) is 0 Å². The van der Waals surface area contributed by atoms with Crippen molar-refractivity contribution in [3.05, 3.63) is 30.2 Å². The first-order valence-corrected chi connectivity index (χ1v) is 5.52. The Bertz CT molecular complexity index is 478. The molecular formula is C12H14N2O5. The van der Waals surface area contributed by atoms with Crippen molar-refractivity contribution in [1.29, 1.82) is 0 Å². The number of hydrogen-bond donors (Lipinski definition) is 3. The summed E-state index contributed by atoms with van der Waals surface area (Å²) in [5.41, 5.74) is 4.92. The van der Waals surface area contributed by atoms with Crippen molar-refractivity contribution < 1.29 is 23.9 Å². The fraction of sp³-hybridized carbons (Fsp3) is 0.250. The molecule has 102 valence electrons. The average Bonchev–Trinajstić information content (AvgIpc) is 2.84. The zero-order chi connectivity index (χ0) is 14.3. The summed E-state index contributed by atoms with van der Waals surface area (Å²) < 4.78 is 4.97. The van der Waals surface area contributed by atoms with Crippen LogP contribution < -0.4 is 11.1 Å². The maximum Gasteiger partial charge on any atom is 0.326 e. The monoisotopic (exact) mass is 266 g/mol. The Kier molecular flexibility index (Phi) is 5.34. The van der Waals surface area contributed by atoms with Crippen LogP contribution in [-0.4, -0.2) is 28.9 Å². The van der Waals surface area contributed by atoms with Crippen molar-refractivity contribution in [1.82, 2.24) is 5.32 Å². The Morgan fingerprint density at radius 2 is 2.21 bits per heavy atom. The highest BCUT2D eigenvalue weighted by Gasteiger charge is 2.19. The number of rotatable bonds is 7. The third-order valence-electron chi connectivity index (χ3n) is 2.24. The number of carboxylic acids is 1. The standard InChI is InChI=1S/C12H14N2O5/c13-10(15)5-4-9(12(17)18)14-11(16)6-3-8-2-1-7-19-8/h1-3,6-7,9H,4-5H2,(H2,13,15)(H,14,16)(H,17,18)/b6-3+/t9-/m1/s1. The number of carboxylic acid groups (broad SMARTS) is 1. The molecule has 1 aromatic rings. The Labute approximate surface area is 109 Å². The molecule has 0 aliphatic heterocycles. The van der Waals surface area contributed by atoms with Crippen molar-refractivity contribution in [3.8, 4) is 0 Å². The molecule has 0 spiro atoms. The van der Waals surface area contributed by atoms with Gasteiger partial charge in [0.15, 0.2) is 0 Å². The summed E-state index contributed by atoms with van der Waals surface area (Å²) >= 11 is 0. The minimum absolute atomic E-state index is 0.0506. The lowest BCUT2D eigenvalue weighted by molar-refractivity contribution is -0.141. The molecule has 1 aromatic heterocycles. The van der Waals surface area contributed by atoms with Gasteiger partial charge in [0, 0.05) is 12.5 Å². The van der Waals surface area contributed by atoms with Crippen LogP contribution >= 0.6 is 0 Å². The predicted octanol–water partition coefficient (Wildman–Crippen LogP) is 0.128. The number of hydrogen-bond acceptors (Lipinski definition) is 4. The number of aliphatic carboxylic acids is 1. The molecule has 0 saturated carbocycles. The Balaban J connectivity index is 2.51. The molecule has 0 saturated heterocycles. The molecule has 0 aliphatic rings. The zero-order valence-electron chi connectivity index (χ0n) is 10.0. The van der Waals surface area contributed by atoms with Crippen LogP contribution in [0.2, 0.25) is 0 Å². The number of amides is 2. The van der Waals surface area contributed by atoms with Gasteiger partial charge in [0.25, 0.3) is 0 Å². The molecule has 1 rings (SSSR count). The maximum absolute atomic E-state index is 11.5. The van der Waals surface area contributed by atoms with Gasteiger partial charge >= 0.3 is 5.97 Å². The fourth-order valence-electron chi connectivity index (χ4n) is 1.31. The van der Waals surface area contributed by atoms with Gasteiger partial charge in [-0.05, 0) is 24.6 Å². The molecular weight excluding hydrogens is 252 g/mol. The number of carbonyl (C=O) groups excluding carboxylic acids is 2. The number of nitrogens with two attached hydrogens (primary N) is 1. The van der Waals surface area contributed by atoms with Crippen molar-refractivity contribution in [2.75, 3.05) is 0 Å². The Morgan fingerprint density at radius 3 is 2.74 bits per heavy atom. The molecule has 4 N–H and O–H groups in total. The van der Waals surface area contributed by atoms with E-state index in [0.717, 1.165) is 6.08 Å². The van der Waals surface area contributed by atoms with E-state index < -0.39 is 23.8 Å². The van der Waals surface area contributed by atoms with Crippen LogP contribution in [0.25, 0.3) is 6.08 Å². The van der Waals surface area contributed by atoms with E-state index in [1.165, 1.54) is 12.3 Å². The van der Waals surface area contributed by atoms with Crippen LogP contribution in [0, 0.1) is 0 Å². The summed E-state index contributed by atoms with van der Waals surface area (Å²) in [6.45, 7) is 0. The normalized spacial score (nSPS) is 12.2. The second kappa shape index (κ2) is 7.00. The number of carbonyl (C=O) groups is 3. The summed E-state index contributed by atoms with van der Waals surface area (Å²) in [6, 6.07) is 2.15. The lowest BCUT2D eigenvalue weighted by atomic mass is 10.1. The molecule has 0 aliphatic carbocycles. The maximum atomic E-state index is 11.5. The summed E-state index contributed by atoms with van der Waals surface area (Å²) in [5.74, 6) is -1.96. The minimum Gasteiger partial charge on any atom is -0.480 e. The van der Waals surface area contributed by atoms with E-state index in [2.05, 4.69) is 5.32 Å². The van der Waals surface area contributed by atoms with Crippen molar-refractivity contribution in [3.63, 3.8) is 0 Å². The predicted molar refractivity (Wildman–Crippen MR) is 65.7 cm³/mol. The Morgan fingerprint density at radius 1 is 1.47 bits per heavy atom. The molecule has 0 aromatic carbocycles. The van der Waals surface area contributed by atoms with Crippen LogP contribution in [0.4, 0.5) is 0 Å². The SMILES string of the molecule is NC(=O)CC[C@@H](NC(=O)/C=C/c1ccco1)C(=O)O. The zero-order valence-corrected chi connectivity index (χ0v) is 10.0. The van der Waals surface area contributed by atoms with Crippen LogP contribution in [0.1, 0.15) is 18.6 Å². The summed E-state index contributed by atoms with van der Waals surface area (Å²) in [5, 5.41) is 11.1. The van der Waals surface area contributed by atoms with Crippen LogP contribution in [0.3, 0.4) is 0 Å². The molecule has 7 heteroatoms. The van der Waals surface area contributed by atoms with Gasteiger partial charge < -0.3 is 20.6 Å². The average molecular weight is 266 g/mol. The highest BCUT2D eigenvalue weighted by Crippen LogP contribution is 2.02. The second-order valence-electron chi connectivity index (χ2n) is 3.75. The lowest BCUT2D eigenvalue weighted by Gasteiger charge is -2.11. The third-order valence-corrected chi connectivity index (χ3v) is 2.24. The van der Waals surface area contributed by atoms with Crippen LogP contribution in [-0.2, 0) is 14.4 Å². The van der Waals surface area contributed by atoms with Gasteiger partial charge in [0.05, 0.1) is 6.26 Å². The van der Waals surface area contributed by atoms with Gasteiger partial charge in [-0.2, -0.15) is 0 Å². The first kappa shape index (κ1) is 14.5. The highest BCUT2D eigenvalue weighted by molar-refractivity contribution is 5.94. The smallest absolute Gasteiger partial charge is 0.326 e. The van der Waals surface area contributed by atoms with Gasteiger partial charge in [-0.3, -0.25) is 9.59 Å². The van der Waals surface area contributed by atoms with E-state index in [1.807, 2.05) is 0 Å². The van der Waals surface area contributed by atoms with E-state index in [9.17, 15) is 14.4 Å². The third kappa shape index (κ3) is 5.53. The number of primary amides is 1. The van der Waals surface area contributed by atoms with E-state index in [1.54, 1.807) is 12.1 Å². The van der Waals surface area contributed by atoms with Gasteiger partial charge in [-0.25, -0.2) is 4.79 Å². The fourth-order valence-corrected chi connectivity index (χ4v) is 1.31. The topological polar surface area (TPSA) is 123 Å². The number of nitrogens with one attached hydrogen (secondary N) is 1. The lowest BCUT2D eigenvalue weighted by Crippen LogP contribution is -2.40. The van der Waals surface area contributed by atoms with Crippen molar-refractivity contribution >= 4 is 23.9 Å². The summed E-state index contributed by atoms with van der Waals surface area (Å²) in [7, 11) is 0. The van der Waals surface area contributed by atoms with Crippen molar-refractivity contribution in [2.24, 2.45) is 5.73 Å². The molecule has 0 fully saturated rings. The molecule has 0 unspecified atom stereocenters. The highest BCUT2D eigenvalue weighted by atomic mass is 16.4. The molecule has 2 amide bonds. The molecule has 1 heterocycles. The quantitative estimate of drug-likeness (QED) is 0.605. The first-order valence-electron chi connectivity index (χ1n) is 5.52. The van der Waals surface area contributed by atoms with Gasteiger partial charge in [0.1, 0.15) is 11.8 Å². The van der Waals surface area contributed by atoms with E-state index in [-0.39, 0.29) is 12.8 Å². The molecule has 1 atom stereocenters. The molecule has 7 nitrogen and oxygen atoms in total. The largest absolute Gasteiger partial charge is 0.480 e. The minimum atomic E-state index is -1.22. The van der Waals surface area contributed by atoms with Crippen LogP contribution in [0.15, 0.2) is 28.9 Å².